The molecule has 0 aromatic carbocycles. The van der Waals surface area contributed by atoms with Crippen LogP contribution < -0.4 is 5.32 Å². The summed E-state index contributed by atoms with van der Waals surface area (Å²) in [7, 11) is 0. The lowest BCUT2D eigenvalue weighted by molar-refractivity contribution is -0.214. The first-order valence-corrected chi connectivity index (χ1v) is 19.9. The first-order chi connectivity index (χ1) is 23.2. The fraction of sp³-hybridized carbons (Fsp3) is 0.857. The Morgan fingerprint density at radius 3 is 2.28 bits per heavy atom. The SMILES string of the molecule is CC(C)C1C(=O)C[C@]2(NC(=O)CCN3CCCC3)CC[C@]3(C)C(=C12)CC[C@@H]1[C@@]2(C)CC[C@H](OC(=O)CC(C)(C)C(=O)O)C(C)(C)[C@@H]2CC[C@]13C. The molecule has 6 aliphatic rings. The van der Waals surface area contributed by atoms with Gasteiger partial charge in [-0.25, -0.2) is 0 Å². The van der Waals surface area contributed by atoms with Crippen molar-refractivity contribution in [3.8, 4) is 0 Å². The maximum absolute atomic E-state index is 13.9. The van der Waals surface area contributed by atoms with Crippen molar-refractivity contribution in [2.75, 3.05) is 19.6 Å². The zero-order valence-corrected chi connectivity index (χ0v) is 32.6. The summed E-state index contributed by atoms with van der Waals surface area (Å²) in [5.74, 6) is -0.0916. The summed E-state index contributed by atoms with van der Waals surface area (Å²) in [6.45, 7) is 22.6. The Bertz CT molecular complexity index is 1440. The maximum Gasteiger partial charge on any atom is 0.309 e. The minimum absolute atomic E-state index is 0.0447. The van der Waals surface area contributed by atoms with Gasteiger partial charge in [-0.1, -0.05) is 54.0 Å². The van der Waals surface area contributed by atoms with Crippen LogP contribution >= 0.6 is 0 Å². The predicted molar refractivity (Wildman–Crippen MR) is 194 cm³/mol. The molecule has 50 heavy (non-hydrogen) atoms. The molecule has 0 aromatic heterocycles. The van der Waals surface area contributed by atoms with Gasteiger partial charge in [0.1, 0.15) is 11.9 Å². The summed E-state index contributed by atoms with van der Waals surface area (Å²) >= 11 is 0. The van der Waals surface area contributed by atoms with E-state index in [0.29, 0.717) is 30.5 Å². The molecule has 4 saturated carbocycles. The van der Waals surface area contributed by atoms with Crippen molar-refractivity contribution in [1.29, 1.82) is 0 Å². The second-order valence-electron chi connectivity index (χ2n) is 19.8. The number of esters is 1. The number of amides is 1. The van der Waals surface area contributed by atoms with Gasteiger partial charge in [-0.3, -0.25) is 19.2 Å². The van der Waals surface area contributed by atoms with E-state index in [1.54, 1.807) is 13.8 Å². The molecule has 6 rings (SSSR count). The number of ketones is 1. The predicted octanol–water partition coefficient (Wildman–Crippen LogP) is 7.73. The van der Waals surface area contributed by atoms with Crippen molar-refractivity contribution >= 4 is 23.6 Å². The highest BCUT2D eigenvalue weighted by Gasteiger charge is 2.69. The number of fused-ring (bicyclic) bond motifs is 6. The van der Waals surface area contributed by atoms with Crippen LogP contribution in [0.4, 0.5) is 0 Å². The number of ether oxygens (including phenoxy) is 1. The maximum atomic E-state index is 13.9. The summed E-state index contributed by atoms with van der Waals surface area (Å²) < 4.78 is 6.16. The van der Waals surface area contributed by atoms with E-state index in [2.05, 4.69) is 58.7 Å². The first-order valence-electron chi connectivity index (χ1n) is 19.9. The van der Waals surface area contributed by atoms with Crippen LogP contribution in [0.2, 0.25) is 0 Å². The lowest BCUT2D eigenvalue weighted by Crippen LogP contribution is -2.65. The van der Waals surface area contributed by atoms with Crippen molar-refractivity contribution in [3.63, 3.8) is 0 Å². The third-order valence-corrected chi connectivity index (χ3v) is 16.0. The van der Waals surface area contributed by atoms with E-state index >= 15 is 0 Å². The molecule has 1 aliphatic heterocycles. The van der Waals surface area contributed by atoms with Gasteiger partial charge in [0, 0.05) is 30.7 Å². The van der Waals surface area contributed by atoms with Crippen molar-refractivity contribution < 1.29 is 29.0 Å². The van der Waals surface area contributed by atoms with Crippen LogP contribution in [0.5, 0.6) is 0 Å². The van der Waals surface area contributed by atoms with Gasteiger partial charge < -0.3 is 20.1 Å². The van der Waals surface area contributed by atoms with Crippen molar-refractivity contribution in [1.82, 2.24) is 10.2 Å². The van der Waals surface area contributed by atoms with E-state index in [0.717, 1.165) is 71.0 Å². The fourth-order valence-corrected chi connectivity index (χ4v) is 13.1. The molecule has 8 heteroatoms. The number of likely N-dealkylation sites (tertiary alicyclic amines) is 1. The second-order valence-corrected chi connectivity index (χ2v) is 19.8. The Hall–Kier alpha value is -2.22. The molecule has 280 valence electrons. The standard InChI is InChI=1S/C42H66N2O6/c1-26(2)34-28(45)24-42(43-32(46)16-23-44-21-10-11-22-44)20-19-40(8)27(35(34)42)12-13-30-39(7)17-15-31(50-33(47)25-37(3,4)36(48)49)38(5,6)29(39)14-18-41(30,40)9/h26,29-31,34H,10-25H2,1-9H3,(H,43,46)(H,48,49)/t29-,30+,31-,34?,39-,40+,41+,42+/m0/s1. The molecular weight excluding hydrogens is 628 g/mol. The fourth-order valence-electron chi connectivity index (χ4n) is 13.1. The van der Waals surface area contributed by atoms with Crippen molar-refractivity contribution in [2.24, 2.45) is 50.7 Å². The molecular formula is C42H66N2O6. The molecule has 5 aliphatic carbocycles. The van der Waals surface area contributed by atoms with Gasteiger partial charge in [0.15, 0.2) is 0 Å². The highest BCUT2D eigenvalue weighted by molar-refractivity contribution is 5.93. The smallest absolute Gasteiger partial charge is 0.309 e. The molecule has 8 atom stereocenters. The number of Topliss-reactive ketones (excluding diaryl/α,β-unsaturated/α-hetero) is 1. The van der Waals surface area contributed by atoms with Crippen LogP contribution in [0.1, 0.15) is 146 Å². The Morgan fingerprint density at radius 2 is 1.64 bits per heavy atom. The van der Waals surface area contributed by atoms with Crippen LogP contribution in [0.25, 0.3) is 0 Å². The van der Waals surface area contributed by atoms with Gasteiger partial charge in [-0.15, -0.1) is 0 Å². The molecule has 0 aromatic rings. The number of carbonyl (C=O) groups is 4. The molecule has 1 unspecified atom stereocenters. The normalized spacial score (nSPS) is 39.8. The van der Waals surface area contributed by atoms with Crippen molar-refractivity contribution in [2.45, 2.75) is 157 Å². The van der Waals surface area contributed by atoms with Crippen LogP contribution in [-0.4, -0.2) is 64.9 Å². The monoisotopic (exact) mass is 694 g/mol. The molecule has 1 saturated heterocycles. The Balaban J connectivity index is 1.28. The Labute approximate surface area is 301 Å². The van der Waals surface area contributed by atoms with Gasteiger partial charge >= 0.3 is 11.9 Å². The number of allylic oxidation sites excluding steroid dienone is 1. The minimum Gasteiger partial charge on any atom is -0.481 e. The number of carboxylic acids is 1. The zero-order valence-electron chi connectivity index (χ0n) is 32.6. The van der Waals surface area contributed by atoms with Crippen LogP contribution in [0.15, 0.2) is 11.1 Å². The number of rotatable bonds is 9. The summed E-state index contributed by atoms with van der Waals surface area (Å²) in [6.07, 6.45) is 10.7. The molecule has 5 fully saturated rings. The molecule has 0 bridgehead atoms. The summed E-state index contributed by atoms with van der Waals surface area (Å²) in [6, 6.07) is 0. The summed E-state index contributed by atoms with van der Waals surface area (Å²) in [5, 5.41) is 13.1. The highest BCUT2D eigenvalue weighted by Crippen LogP contribution is 2.75. The lowest BCUT2D eigenvalue weighted by Gasteiger charge is -2.70. The minimum atomic E-state index is -1.16. The second kappa shape index (κ2) is 12.7. The van der Waals surface area contributed by atoms with E-state index in [4.69, 9.17) is 4.74 Å². The molecule has 2 N–H and O–H groups in total. The molecule has 1 amide bonds. The number of carboxylic acid groups (broad SMARTS) is 1. The number of carbonyl (C=O) groups excluding carboxylic acids is 3. The van der Waals surface area contributed by atoms with Crippen LogP contribution in [-0.2, 0) is 23.9 Å². The summed E-state index contributed by atoms with van der Waals surface area (Å²) in [4.78, 5) is 54.8. The number of hydrogen-bond donors (Lipinski definition) is 2. The van der Waals surface area contributed by atoms with Crippen LogP contribution in [0, 0.1) is 50.7 Å². The first kappa shape index (κ1) is 37.5. The molecule has 1 heterocycles. The van der Waals surface area contributed by atoms with E-state index in [-0.39, 0.29) is 51.9 Å². The average Bonchev–Trinajstić information content (AvgIpc) is 3.63. The van der Waals surface area contributed by atoms with Gasteiger partial charge in [0.05, 0.1) is 17.4 Å². The topological polar surface area (TPSA) is 113 Å². The Morgan fingerprint density at radius 1 is 0.960 bits per heavy atom. The highest BCUT2D eigenvalue weighted by atomic mass is 16.5. The zero-order chi connectivity index (χ0) is 36.7. The number of aliphatic carboxylic acids is 1. The summed E-state index contributed by atoms with van der Waals surface area (Å²) in [5.41, 5.74) is 0.878. The van der Waals surface area contributed by atoms with E-state index in [1.165, 1.54) is 24.0 Å². The lowest BCUT2D eigenvalue weighted by atomic mass is 9.34. The third kappa shape index (κ3) is 5.80. The molecule has 8 nitrogen and oxygen atoms in total. The Kier molecular flexibility index (Phi) is 9.55. The van der Waals surface area contributed by atoms with E-state index < -0.39 is 22.9 Å². The molecule has 0 spiro atoms. The number of nitrogens with one attached hydrogen (secondary N) is 1. The van der Waals surface area contributed by atoms with Gasteiger partial charge in [0.25, 0.3) is 0 Å². The van der Waals surface area contributed by atoms with E-state index in [9.17, 15) is 24.3 Å². The quantitative estimate of drug-likeness (QED) is 0.188. The van der Waals surface area contributed by atoms with E-state index in [1.807, 2.05) is 0 Å². The number of nitrogens with zero attached hydrogens (tertiary/aromatic N) is 1. The van der Waals surface area contributed by atoms with Crippen LogP contribution in [0.3, 0.4) is 0 Å². The third-order valence-electron chi connectivity index (χ3n) is 16.0. The molecule has 0 radical (unpaired) electrons. The number of hydrogen-bond acceptors (Lipinski definition) is 6. The average molecular weight is 695 g/mol. The van der Waals surface area contributed by atoms with Gasteiger partial charge in [-0.05, 0) is 131 Å². The largest absolute Gasteiger partial charge is 0.481 e. The van der Waals surface area contributed by atoms with Gasteiger partial charge in [0.2, 0.25) is 5.91 Å². The van der Waals surface area contributed by atoms with Crippen molar-refractivity contribution in [3.05, 3.63) is 11.1 Å². The van der Waals surface area contributed by atoms with Gasteiger partial charge in [-0.2, -0.15) is 0 Å².